The van der Waals surface area contributed by atoms with Gasteiger partial charge in [0.25, 0.3) is 0 Å². The smallest absolute Gasteiger partial charge is 0.129 e. The molecule has 116 valence electrons. The minimum atomic E-state index is 0.207. The van der Waals surface area contributed by atoms with Crippen molar-refractivity contribution in [2.45, 2.75) is 32.0 Å². The maximum absolute atomic E-state index is 9.83. The van der Waals surface area contributed by atoms with Crippen LogP contribution < -0.4 is 0 Å². The number of aliphatic hydroxyl groups is 1. The van der Waals surface area contributed by atoms with E-state index >= 15 is 0 Å². The Morgan fingerprint density at radius 2 is 1.82 bits per heavy atom. The van der Waals surface area contributed by atoms with Crippen LogP contribution in [0.3, 0.4) is 0 Å². The number of rotatable bonds is 7. The SMILES string of the molecule is OCC(C1CC1)N(Cc1ccccc1)Cc1ccc(Cl)nc1. The first-order chi connectivity index (χ1) is 10.8. The van der Waals surface area contributed by atoms with Crippen molar-refractivity contribution in [2.75, 3.05) is 6.61 Å². The molecule has 1 fully saturated rings. The van der Waals surface area contributed by atoms with Crippen molar-refractivity contribution in [1.29, 1.82) is 0 Å². The lowest BCUT2D eigenvalue weighted by Gasteiger charge is -2.30. The second kappa shape index (κ2) is 7.23. The first-order valence-corrected chi connectivity index (χ1v) is 8.13. The van der Waals surface area contributed by atoms with E-state index in [1.165, 1.54) is 18.4 Å². The average molecular weight is 317 g/mol. The molecule has 1 saturated carbocycles. The Balaban J connectivity index is 1.77. The zero-order chi connectivity index (χ0) is 15.4. The predicted octanol–water partition coefficient (Wildman–Crippen LogP) is 3.51. The molecule has 1 aromatic heterocycles. The molecule has 1 unspecified atom stereocenters. The number of pyridine rings is 1. The minimum Gasteiger partial charge on any atom is -0.395 e. The lowest BCUT2D eigenvalue weighted by Crippen LogP contribution is -2.38. The molecule has 0 amide bonds. The third kappa shape index (κ3) is 4.07. The molecule has 1 N–H and O–H groups in total. The van der Waals surface area contributed by atoms with E-state index in [1.807, 2.05) is 24.4 Å². The number of aromatic nitrogens is 1. The van der Waals surface area contributed by atoms with E-state index in [-0.39, 0.29) is 12.6 Å². The third-order valence-corrected chi connectivity index (χ3v) is 4.45. The zero-order valence-corrected chi connectivity index (χ0v) is 13.3. The summed E-state index contributed by atoms with van der Waals surface area (Å²) in [4.78, 5) is 6.52. The van der Waals surface area contributed by atoms with Gasteiger partial charge >= 0.3 is 0 Å². The van der Waals surface area contributed by atoms with E-state index in [0.717, 1.165) is 18.7 Å². The Morgan fingerprint density at radius 3 is 2.41 bits per heavy atom. The summed E-state index contributed by atoms with van der Waals surface area (Å²) in [7, 11) is 0. The molecule has 1 aliphatic rings. The molecule has 0 radical (unpaired) electrons. The Bertz CT molecular complexity index is 584. The first kappa shape index (κ1) is 15.5. The average Bonchev–Trinajstić information content (AvgIpc) is 3.36. The fourth-order valence-electron chi connectivity index (χ4n) is 2.89. The summed E-state index contributed by atoms with van der Waals surface area (Å²) in [6.07, 6.45) is 4.26. The second-order valence-corrected chi connectivity index (χ2v) is 6.35. The number of halogens is 1. The molecule has 0 spiro atoms. The molecule has 0 saturated heterocycles. The summed E-state index contributed by atoms with van der Waals surface area (Å²) in [6, 6.07) is 14.5. The van der Waals surface area contributed by atoms with Gasteiger partial charge < -0.3 is 5.11 Å². The van der Waals surface area contributed by atoms with Crippen LogP contribution in [0.2, 0.25) is 5.15 Å². The van der Waals surface area contributed by atoms with E-state index in [1.54, 1.807) is 0 Å². The number of benzene rings is 1. The highest BCUT2D eigenvalue weighted by Gasteiger charge is 2.34. The Labute approximate surface area is 136 Å². The quantitative estimate of drug-likeness (QED) is 0.794. The van der Waals surface area contributed by atoms with Crippen LogP contribution in [0.25, 0.3) is 0 Å². The van der Waals surface area contributed by atoms with Crippen LogP contribution in [0.4, 0.5) is 0 Å². The molecule has 4 heteroatoms. The van der Waals surface area contributed by atoms with E-state index in [4.69, 9.17) is 11.6 Å². The lowest BCUT2D eigenvalue weighted by atomic mass is 10.1. The van der Waals surface area contributed by atoms with E-state index in [9.17, 15) is 5.11 Å². The van der Waals surface area contributed by atoms with Gasteiger partial charge in [-0.1, -0.05) is 48.0 Å². The number of aliphatic hydroxyl groups excluding tert-OH is 1. The van der Waals surface area contributed by atoms with Crippen LogP contribution in [0, 0.1) is 5.92 Å². The molecule has 3 rings (SSSR count). The van der Waals surface area contributed by atoms with E-state index in [2.05, 4.69) is 34.1 Å². The highest BCUT2D eigenvalue weighted by atomic mass is 35.5. The van der Waals surface area contributed by atoms with Gasteiger partial charge in [0.1, 0.15) is 5.15 Å². The van der Waals surface area contributed by atoms with Crippen LogP contribution in [0.5, 0.6) is 0 Å². The van der Waals surface area contributed by atoms with Gasteiger partial charge in [-0.25, -0.2) is 4.98 Å². The lowest BCUT2D eigenvalue weighted by molar-refractivity contribution is 0.0944. The molecule has 1 aromatic carbocycles. The van der Waals surface area contributed by atoms with Crippen molar-refractivity contribution in [3.8, 4) is 0 Å². The van der Waals surface area contributed by atoms with Crippen LogP contribution >= 0.6 is 11.6 Å². The first-order valence-electron chi connectivity index (χ1n) is 7.75. The zero-order valence-electron chi connectivity index (χ0n) is 12.5. The van der Waals surface area contributed by atoms with Crippen molar-refractivity contribution in [3.05, 3.63) is 64.9 Å². The van der Waals surface area contributed by atoms with Crippen LogP contribution in [-0.4, -0.2) is 27.6 Å². The summed E-state index contributed by atoms with van der Waals surface area (Å²) in [5, 5.41) is 10.3. The largest absolute Gasteiger partial charge is 0.395 e. The Kier molecular flexibility index (Phi) is 5.08. The number of nitrogens with zero attached hydrogens (tertiary/aromatic N) is 2. The van der Waals surface area contributed by atoms with Gasteiger partial charge in [0.15, 0.2) is 0 Å². The van der Waals surface area contributed by atoms with Gasteiger partial charge in [0.2, 0.25) is 0 Å². The second-order valence-electron chi connectivity index (χ2n) is 5.97. The van der Waals surface area contributed by atoms with Crippen molar-refractivity contribution < 1.29 is 5.11 Å². The van der Waals surface area contributed by atoms with Crippen molar-refractivity contribution in [2.24, 2.45) is 5.92 Å². The molecule has 3 nitrogen and oxygen atoms in total. The van der Waals surface area contributed by atoms with Gasteiger partial charge in [0.05, 0.1) is 6.61 Å². The van der Waals surface area contributed by atoms with Crippen LogP contribution in [0.1, 0.15) is 24.0 Å². The number of hydrogen-bond acceptors (Lipinski definition) is 3. The molecule has 22 heavy (non-hydrogen) atoms. The van der Waals surface area contributed by atoms with Gasteiger partial charge in [-0.15, -0.1) is 0 Å². The van der Waals surface area contributed by atoms with E-state index in [0.29, 0.717) is 11.1 Å². The molecule has 2 aromatic rings. The maximum atomic E-state index is 9.83. The molecule has 0 aliphatic heterocycles. The normalized spacial score (nSPS) is 16.0. The van der Waals surface area contributed by atoms with Gasteiger partial charge in [-0.3, -0.25) is 4.90 Å². The Hall–Kier alpha value is -1.42. The van der Waals surface area contributed by atoms with Crippen molar-refractivity contribution in [3.63, 3.8) is 0 Å². The highest BCUT2D eigenvalue weighted by Crippen LogP contribution is 2.36. The molecular formula is C18H21ClN2O. The molecule has 1 heterocycles. The van der Waals surface area contributed by atoms with E-state index < -0.39 is 0 Å². The summed E-state index contributed by atoms with van der Waals surface area (Å²) < 4.78 is 0. The predicted molar refractivity (Wildman–Crippen MR) is 88.5 cm³/mol. The maximum Gasteiger partial charge on any atom is 0.129 e. The monoisotopic (exact) mass is 316 g/mol. The minimum absolute atomic E-state index is 0.207. The Morgan fingerprint density at radius 1 is 1.09 bits per heavy atom. The fraction of sp³-hybridized carbons (Fsp3) is 0.389. The third-order valence-electron chi connectivity index (χ3n) is 4.23. The van der Waals surface area contributed by atoms with Crippen LogP contribution in [-0.2, 0) is 13.1 Å². The fourth-order valence-corrected chi connectivity index (χ4v) is 3.00. The van der Waals surface area contributed by atoms with Gasteiger partial charge in [-0.2, -0.15) is 0 Å². The van der Waals surface area contributed by atoms with Gasteiger partial charge in [0, 0.05) is 25.3 Å². The number of hydrogen-bond donors (Lipinski definition) is 1. The summed E-state index contributed by atoms with van der Waals surface area (Å²) >= 11 is 5.86. The molecule has 1 aliphatic carbocycles. The van der Waals surface area contributed by atoms with Crippen molar-refractivity contribution >= 4 is 11.6 Å². The standard InChI is InChI=1S/C18H21ClN2O/c19-18-9-6-15(10-20-18)12-21(17(13-22)16-7-8-16)11-14-4-2-1-3-5-14/h1-6,9-10,16-17,22H,7-8,11-13H2. The molecule has 0 bridgehead atoms. The van der Waals surface area contributed by atoms with Crippen LogP contribution in [0.15, 0.2) is 48.7 Å². The summed E-state index contributed by atoms with van der Waals surface area (Å²) in [5.74, 6) is 0.619. The summed E-state index contributed by atoms with van der Waals surface area (Å²) in [6.45, 7) is 1.82. The highest BCUT2D eigenvalue weighted by molar-refractivity contribution is 6.29. The van der Waals surface area contributed by atoms with Crippen molar-refractivity contribution in [1.82, 2.24) is 9.88 Å². The molecular weight excluding hydrogens is 296 g/mol. The topological polar surface area (TPSA) is 36.4 Å². The summed E-state index contributed by atoms with van der Waals surface area (Å²) in [5.41, 5.74) is 2.39. The van der Waals surface area contributed by atoms with Gasteiger partial charge in [-0.05, 0) is 36.0 Å². The molecule has 1 atom stereocenters.